The van der Waals surface area contributed by atoms with E-state index in [9.17, 15) is 9.18 Å². The van der Waals surface area contributed by atoms with Crippen LogP contribution in [0.4, 0.5) is 10.1 Å². The Bertz CT molecular complexity index is 1170. The van der Waals surface area contributed by atoms with Gasteiger partial charge in [-0.3, -0.25) is 9.48 Å². The number of anilines is 1. The summed E-state index contributed by atoms with van der Waals surface area (Å²) in [4.78, 5) is 20.2. The van der Waals surface area contributed by atoms with Gasteiger partial charge in [-0.1, -0.05) is 6.07 Å². The Hall–Kier alpha value is -2.96. The van der Waals surface area contributed by atoms with Crippen LogP contribution in [-0.4, -0.2) is 39.8 Å². The molecule has 2 aliphatic rings. The van der Waals surface area contributed by atoms with Crippen molar-refractivity contribution in [1.29, 1.82) is 0 Å². The first-order chi connectivity index (χ1) is 14.9. The maximum absolute atomic E-state index is 14.4. The number of nitrogens with zero attached hydrogens (tertiary/aromatic N) is 4. The molecule has 3 aromatic rings. The average molecular weight is 422 g/mol. The van der Waals surface area contributed by atoms with Crippen LogP contribution in [0.1, 0.15) is 58.9 Å². The highest BCUT2D eigenvalue weighted by atomic mass is 19.1. The Morgan fingerprint density at radius 3 is 2.77 bits per heavy atom. The number of benzene rings is 1. The van der Waals surface area contributed by atoms with Gasteiger partial charge in [0, 0.05) is 37.8 Å². The lowest BCUT2D eigenvalue weighted by molar-refractivity contribution is 0.0934. The third-order valence-corrected chi connectivity index (χ3v) is 6.43. The number of nitrogens with one attached hydrogen (secondary N) is 1. The molecule has 3 heterocycles. The molecule has 1 N–H and O–H groups in total. The monoisotopic (exact) mass is 421 g/mol. The maximum Gasteiger partial charge on any atom is 0.252 e. The minimum absolute atomic E-state index is 0.0364. The summed E-state index contributed by atoms with van der Waals surface area (Å²) in [7, 11) is 1.87. The molecule has 0 radical (unpaired) electrons. The lowest BCUT2D eigenvalue weighted by Gasteiger charge is -2.35. The summed E-state index contributed by atoms with van der Waals surface area (Å²) in [5.74, 6) is 0.135. The number of amides is 1. The Balaban J connectivity index is 1.41. The first-order valence-electron chi connectivity index (χ1n) is 11.1. The number of aromatic nitrogens is 3. The molecule has 1 amide bonds. The average Bonchev–Trinajstić information content (AvgIpc) is 3.56. The number of piperidine rings is 1. The summed E-state index contributed by atoms with van der Waals surface area (Å²) in [5, 5.41) is 8.53. The molecular weight excluding hydrogens is 393 g/mol. The second kappa shape index (κ2) is 7.62. The number of pyridine rings is 1. The largest absolute Gasteiger partial charge is 0.367 e. The molecule has 2 fully saturated rings. The summed E-state index contributed by atoms with van der Waals surface area (Å²) in [6.07, 6.45) is 4.03. The molecule has 1 atom stereocenters. The second-order valence-corrected chi connectivity index (χ2v) is 8.99. The zero-order chi connectivity index (χ0) is 21.7. The van der Waals surface area contributed by atoms with E-state index < -0.39 is 0 Å². The number of rotatable bonds is 4. The van der Waals surface area contributed by atoms with Crippen molar-refractivity contribution in [2.45, 2.75) is 51.5 Å². The van der Waals surface area contributed by atoms with Crippen LogP contribution in [-0.2, 0) is 7.05 Å². The molecule has 1 aliphatic heterocycles. The van der Waals surface area contributed by atoms with Crippen molar-refractivity contribution in [3.8, 4) is 0 Å². The predicted molar refractivity (Wildman–Crippen MR) is 119 cm³/mol. The van der Waals surface area contributed by atoms with Crippen LogP contribution in [0.25, 0.3) is 11.0 Å². The maximum atomic E-state index is 14.4. The van der Waals surface area contributed by atoms with Gasteiger partial charge in [-0.25, -0.2) is 9.37 Å². The first-order valence-corrected chi connectivity index (χ1v) is 11.1. The van der Waals surface area contributed by atoms with Crippen molar-refractivity contribution < 1.29 is 9.18 Å². The molecule has 1 unspecified atom stereocenters. The topological polar surface area (TPSA) is 63.1 Å². The van der Waals surface area contributed by atoms with Gasteiger partial charge in [-0.2, -0.15) is 5.10 Å². The van der Waals surface area contributed by atoms with Crippen LogP contribution in [0, 0.1) is 19.7 Å². The number of aryl methyl sites for hydroxylation is 3. The second-order valence-electron chi connectivity index (χ2n) is 8.99. The van der Waals surface area contributed by atoms with Crippen molar-refractivity contribution >= 4 is 22.6 Å². The number of halogens is 1. The van der Waals surface area contributed by atoms with Gasteiger partial charge in [-0.15, -0.1) is 0 Å². The molecule has 1 aromatic carbocycles. The molecule has 5 rings (SSSR count). The molecular formula is C24H28FN5O. The Labute approximate surface area is 181 Å². The summed E-state index contributed by atoms with van der Waals surface area (Å²) < 4.78 is 16.2. The van der Waals surface area contributed by atoms with Crippen molar-refractivity contribution in [2.24, 2.45) is 7.05 Å². The lowest BCUT2D eigenvalue weighted by atomic mass is 10.0. The van der Waals surface area contributed by atoms with Gasteiger partial charge in [0.2, 0.25) is 0 Å². The van der Waals surface area contributed by atoms with Crippen molar-refractivity contribution in [3.63, 3.8) is 0 Å². The number of carbonyl (C=O) groups excluding carboxylic acids is 1. The van der Waals surface area contributed by atoms with Gasteiger partial charge >= 0.3 is 0 Å². The smallest absolute Gasteiger partial charge is 0.252 e. The van der Waals surface area contributed by atoms with E-state index in [0.29, 0.717) is 23.7 Å². The van der Waals surface area contributed by atoms with E-state index >= 15 is 0 Å². The number of hydrogen-bond acceptors (Lipinski definition) is 4. The summed E-state index contributed by atoms with van der Waals surface area (Å²) >= 11 is 0. The van der Waals surface area contributed by atoms with E-state index in [1.54, 1.807) is 10.7 Å². The van der Waals surface area contributed by atoms with Gasteiger partial charge in [0.15, 0.2) is 5.65 Å². The SMILES string of the molecule is Cc1ccc(F)c(N2CCCC(NC(=O)c3cc(C4CC4)nc4c3c(C)nn4C)C2)c1. The van der Waals surface area contributed by atoms with Crippen molar-refractivity contribution in [3.05, 3.63) is 52.6 Å². The fourth-order valence-corrected chi connectivity index (χ4v) is 4.67. The molecule has 2 aromatic heterocycles. The van der Waals surface area contributed by atoms with Crippen LogP contribution in [0.2, 0.25) is 0 Å². The van der Waals surface area contributed by atoms with E-state index in [-0.39, 0.29) is 17.8 Å². The molecule has 6 nitrogen and oxygen atoms in total. The highest BCUT2D eigenvalue weighted by Gasteiger charge is 2.30. The van der Waals surface area contributed by atoms with Crippen molar-refractivity contribution in [2.75, 3.05) is 18.0 Å². The van der Waals surface area contributed by atoms with Crippen LogP contribution in [0.15, 0.2) is 24.3 Å². The van der Waals surface area contributed by atoms with Gasteiger partial charge in [0.05, 0.1) is 22.3 Å². The van der Waals surface area contributed by atoms with E-state index in [1.807, 2.05) is 37.9 Å². The minimum Gasteiger partial charge on any atom is -0.367 e. The van der Waals surface area contributed by atoms with Gasteiger partial charge in [0.1, 0.15) is 5.82 Å². The number of carbonyl (C=O) groups is 1. The summed E-state index contributed by atoms with van der Waals surface area (Å²) in [5.41, 5.74) is 4.85. The first kappa shape index (κ1) is 20.0. The fraction of sp³-hybridized carbons (Fsp3) is 0.458. The summed E-state index contributed by atoms with van der Waals surface area (Å²) in [6.45, 7) is 5.27. The molecule has 7 heteroatoms. The fourth-order valence-electron chi connectivity index (χ4n) is 4.67. The number of hydrogen-bond donors (Lipinski definition) is 1. The van der Waals surface area contributed by atoms with E-state index in [1.165, 1.54) is 6.07 Å². The normalized spacial score (nSPS) is 19.1. The summed E-state index contributed by atoms with van der Waals surface area (Å²) in [6, 6.07) is 7.10. The predicted octanol–water partition coefficient (Wildman–Crippen LogP) is 4.00. The van der Waals surface area contributed by atoms with Crippen LogP contribution in [0.3, 0.4) is 0 Å². The molecule has 162 valence electrons. The van der Waals surface area contributed by atoms with Gasteiger partial charge < -0.3 is 10.2 Å². The van der Waals surface area contributed by atoms with Gasteiger partial charge in [-0.05, 0) is 63.3 Å². The molecule has 1 saturated carbocycles. The third-order valence-electron chi connectivity index (χ3n) is 6.43. The Kier molecular flexibility index (Phi) is 4.91. The molecule has 31 heavy (non-hydrogen) atoms. The number of fused-ring (bicyclic) bond motifs is 1. The van der Waals surface area contributed by atoms with Crippen molar-refractivity contribution in [1.82, 2.24) is 20.1 Å². The molecule has 0 bridgehead atoms. The van der Waals surface area contributed by atoms with Crippen LogP contribution in [0.5, 0.6) is 0 Å². The van der Waals surface area contributed by atoms with E-state index in [4.69, 9.17) is 4.98 Å². The van der Waals surface area contributed by atoms with Crippen LogP contribution >= 0.6 is 0 Å². The van der Waals surface area contributed by atoms with Gasteiger partial charge in [0.25, 0.3) is 5.91 Å². The molecule has 0 spiro atoms. The minimum atomic E-state index is -0.214. The Morgan fingerprint density at radius 2 is 2.00 bits per heavy atom. The lowest BCUT2D eigenvalue weighted by Crippen LogP contribution is -2.48. The molecule has 1 aliphatic carbocycles. The highest BCUT2D eigenvalue weighted by Crippen LogP contribution is 2.40. The zero-order valence-corrected chi connectivity index (χ0v) is 18.3. The third kappa shape index (κ3) is 3.77. The van der Waals surface area contributed by atoms with E-state index in [2.05, 4.69) is 10.4 Å². The highest BCUT2D eigenvalue weighted by molar-refractivity contribution is 6.06. The molecule has 1 saturated heterocycles. The quantitative estimate of drug-likeness (QED) is 0.692. The zero-order valence-electron chi connectivity index (χ0n) is 18.3. The Morgan fingerprint density at radius 1 is 1.19 bits per heavy atom. The van der Waals surface area contributed by atoms with Crippen LogP contribution < -0.4 is 10.2 Å². The van der Waals surface area contributed by atoms with E-state index in [0.717, 1.165) is 60.2 Å². The standard InChI is InChI=1S/C24H28FN5O/c1-14-6-9-19(25)21(11-14)30-10-4-5-17(13-30)26-24(31)18-12-20(16-7-8-16)27-23-22(18)15(2)28-29(23)3/h6,9,11-12,16-17H,4-5,7-8,10,13H2,1-3H3,(H,26,31).